The van der Waals surface area contributed by atoms with Crippen molar-refractivity contribution in [3.05, 3.63) is 12.2 Å². The largest absolute Gasteiger partial charge is 0.462 e. The second kappa shape index (κ2) is 15.2. The molecule has 8 rings (SSSR count). The molecule has 1 aliphatic heterocycles. The summed E-state index contributed by atoms with van der Waals surface area (Å²) in [6.45, 7) is 35.6. The van der Waals surface area contributed by atoms with Crippen LogP contribution in [0.5, 0.6) is 0 Å². The number of rotatable bonds is 8. The number of carbonyl (C=O) groups is 4. The first kappa shape index (κ1) is 46.4. The molecule has 2 unspecified atom stereocenters. The topological polar surface area (TPSA) is 90.0 Å². The summed E-state index contributed by atoms with van der Waals surface area (Å²) in [4.78, 5) is 58.1. The van der Waals surface area contributed by atoms with E-state index in [9.17, 15) is 14.4 Å². The molecule has 0 radical (unpaired) electrons. The van der Waals surface area contributed by atoms with Gasteiger partial charge in [0.15, 0.2) is 0 Å². The van der Waals surface area contributed by atoms with Gasteiger partial charge in [-0.05, 0) is 187 Å². The molecule has 1 heterocycles. The highest BCUT2D eigenvalue weighted by Gasteiger charge is 2.72. The Kier molecular flexibility index (Phi) is 11.3. The Morgan fingerprint density at radius 1 is 0.661 bits per heavy atom. The normalized spacial score (nSPS) is 45.1. The average Bonchev–Trinajstić information content (AvgIpc) is 3.58. The van der Waals surface area contributed by atoms with Crippen molar-refractivity contribution < 1.29 is 28.7 Å². The summed E-state index contributed by atoms with van der Waals surface area (Å²) in [6, 6.07) is 0. The van der Waals surface area contributed by atoms with E-state index in [4.69, 9.17) is 9.47 Å². The summed E-state index contributed by atoms with van der Waals surface area (Å²) in [5, 5.41) is 0. The first-order valence-electron chi connectivity index (χ1n) is 25.6. The van der Waals surface area contributed by atoms with Crippen LogP contribution in [0.25, 0.3) is 0 Å². The van der Waals surface area contributed by atoms with Crippen LogP contribution in [0, 0.1) is 91.2 Å². The molecule has 0 N–H and O–H groups in total. The molecule has 62 heavy (non-hydrogen) atoms. The molecule has 0 aromatic heterocycles. The maximum absolute atomic E-state index is 15.2. The van der Waals surface area contributed by atoms with Gasteiger partial charge in [0.25, 0.3) is 0 Å². The molecule has 0 bridgehead atoms. The van der Waals surface area contributed by atoms with Crippen molar-refractivity contribution in [3.8, 4) is 0 Å². The van der Waals surface area contributed by atoms with E-state index in [1.54, 1.807) is 0 Å². The fraction of sp³-hybridized carbons (Fsp3) is 0.891. The van der Waals surface area contributed by atoms with Gasteiger partial charge in [0.2, 0.25) is 5.91 Å². The minimum atomic E-state index is -0.553. The lowest BCUT2D eigenvalue weighted by Gasteiger charge is -2.73. The van der Waals surface area contributed by atoms with E-state index in [-0.39, 0.29) is 74.2 Å². The number of fused-ring (bicyclic) bond motifs is 7. The molecule has 1 saturated heterocycles. The van der Waals surface area contributed by atoms with Gasteiger partial charge in [0, 0.05) is 36.3 Å². The van der Waals surface area contributed by atoms with Crippen LogP contribution in [0.4, 0.5) is 0 Å². The van der Waals surface area contributed by atoms with Crippen LogP contribution in [0.2, 0.25) is 0 Å². The Bertz CT molecular complexity index is 1830. The minimum Gasteiger partial charge on any atom is -0.462 e. The summed E-state index contributed by atoms with van der Waals surface area (Å²) in [5.41, 5.74) is 0.0542. The fourth-order valence-electron chi connectivity index (χ4n) is 17.7. The van der Waals surface area contributed by atoms with Crippen LogP contribution in [-0.4, -0.2) is 53.3 Å². The zero-order valence-corrected chi connectivity index (χ0v) is 41.6. The van der Waals surface area contributed by atoms with Gasteiger partial charge in [-0.3, -0.25) is 19.2 Å². The molecule has 1 amide bonds. The van der Waals surface area contributed by atoms with E-state index in [2.05, 4.69) is 66.9 Å². The molecular formula is C55H87NO6. The number of ketones is 1. The van der Waals surface area contributed by atoms with E-state index >= 15 is 4.79 Å². The predicted molar refractivity (Wildman–Crippen MR) is 246 cm³/mol. The minimum absolute atomic E-state index is 0.0420. The molecule has 14 atom stereocenters. The van der Waals surface area contributed by atoms with Crippen LogP contribution in [0.3, 0.4) is 0 Å². The number of hydrogen-bond donors (Lipinski definition) is 0. The van der Waals surface area contributed by atoms with Crippen molar-refractivity contribution in [2.75, 3.05) is 13.1 Å². The molecule has 0 aromatic carbocycles. The number of hydrogen-bond acceptors (Lipinski definition) is 6. The van der Waals surface area contributed by atoms with Crippen LogP contribution >= 0.6 is 0 Å². The number of esters is 2. The highest BCUT2D eigenvalue weighted by atomic mass is 16.6. The Hall–Kier alpha value is -2.18. The summed E-state index contributed by atoms with van der Waals surface area (Å²) >= 11 is 0. The Morgan fingerprint density at radius 2 is 1.32 bits per heavy atom. The van der Waals surface area contributed by atoms with Gasteiger partial charge in [0.1, 0.15) is 17.5 Å². The Labute approximate surface area is 376 Å². The third-order valence-corrected chi connectivity index (χ3v) is 21.9. The van der Waals surface area contributed by atoms with Crippen LogP contribution < -0.4 is 0 Å². The zero-order chi connectivity index (χ0) is 45.4. The highest BCUT2D eigenvalue weighted by molar-refractivity contribution is 5.87. The molecule has 0 aromatic rings. The van der Waals surface area contributed by atoms with E-state index in [1.807, 2.05) is 34.6 Å². The summed E-state index contributed by atoms with van der Waals surface area (Å²) in [7, 11) is 0. The molecule has 7 aliphatic carbocycles. The van der Waals surface area contributed by atoms with Crippen molar-refractivity contribution in [1.29, 1.82) is 0 Å². The standard InChI is InChI=1S/C55H87NO6/c1-33(2)35-20-25-55(42(57)31-34-30-37(49(34,6)7)45(58)56-28-16-15-17-29-56)27-26-53(13)36(44(35)55)18-19-41-52(12)23-22-43(51(10,11)40(52)21-24-54(41,53)14)61-46(59)38-32-39(50(38,8)9)47(60)62-48(3,4)5/h34-41,43-44H,1,15-32H2,2-14H3/t34?,35-,36+,37-,38?,39+,40-,41+,43-,44+,52-,53+,54+,55+/m0/s1. The van der Waals surface area contributed by atoms with Gasteiger partial charge in [-0.25, -0.2) is 0 Å². The lowest BCUT2D eigenvalue weighted by atomic mass is 9.32. The molecular weight excluding hydrogens is 771 g/mol. The molecule has 7 heteroatoms. The third kappa shape index (κ3) is 6.79. The number of amides is 1. The van der Waals surface area contributed by atoms with Gasteiger partial charge in [-0.2, -0.15) is 0 Å². The monoisotopic (exact) mass is 858 g/mol. The average molecular weight is 858 g/mol. The molecule has 7 saturated carbocycles. The van der Waals surface area contributed by atoms with Gasteiger partial charge < -0.3 is 14.4 Å². The van der Waals surface area contributed by atoms with Crippen molar-refractivity contribution in [3.63, 3.8) is 0 Å². The van der Waals surface area contributed by atoms with Gasteiger partial charge >= 0.3 is 11.9 Å². The first-order valence-corrected chi connectivity index (χ1v) is 25.6. The van der Waals surface area contributed by atoms with Crippen LogP contribution in [0.1, 0.15) is 193 Å². The van der Waals surface area contributed by atoms with E-state index in [1.165, 1.54) is 31.3 Å². The number of likely N-dealkylation sites (tertiary alicyclic amines) is 1. The summed E-state index contributed by atoms with van der Waals surface area (Å²) in [6.07, 6.45) is 16.1. The maximum atomic E-state index is 15.2. The molecule has 0 spiro atoms. The summed E-state index contributed by atoms with van der Waals surface area (Å²) < 4.78 is 12.3. The fourth-order valence-corrected chi connectivity index (χ4v) is 17.7. The van der Waals surface area contributed by atoms with Gasteiger partial charge in [0.05, 0.1) is 11.8 Å². The highest BCUT2D eigenvalue weighted by Crippen LogP contribution is 2.78. The molecule has 348 valence electrons. The lowest BCUT2D eigenvalue weighted by Crippen LogP contribution is -2.67. The van der Waals surface area contributed by atoms with Crippen molar-refractivity contribution in [1.82, 2.24) is 4.90 Å². The van der Waals surface area contributed by atoms with Crippen molar-refractivity contribution >= 4 is 23.6 Å². The molecule has 8 aliphatic rings. The van der Waals surface area contributed by atoms with Gasteiger partial charge in [-0.15, -0.1) is 0 Å². The quantitative estimate of drug-likeness (QED) is 0.178. The van der Waals surface area contributed by atoms with Crippen LogP contribution in [0.15, 0.2) is 12.2 Å². The van der Waals surface area contributed by atoms with E-state index in [0.29, 0.717) is 54.1 Å². The summed E-state index contributed by atoms with van der Waals surface area (Å²) in [5.74, 6) is 2.47. The zero-order valence-electron chi connectivity index (χ0n) is 41.6. The maximum Gasteiger partial charge on any atom is 0.310 e. The number of piperidine rings is 1. The van der Waals surface area contributed by atoms with E-state index in [0.717, 1.165) is 77.3 Å². The Morgan fingerprint density at radius 3 is 1.94 bits per heavy atom. The van der Waals surface area contributed by atoms with Crippen molar-refractivity contribution in [2.24, 2.45) is 91.2 Å². The SMILES string of the molecule is C=C(C)[C@@H]1CC[C@]2(C(=O)CC3C[C@@H](C(=O)N4CCCCC4)C3(C)C)CC[C@]3(C)[C@H](CC[C@@H]4[C@@]5(C)CC[C@H](OC(=O)C6C[C@H](C(=O)OC(C)(C)C)C6(C)C)C(C)(C)[C@@H]5CC[C@]43C)[C@@H]12. The predicted octanol–water partition coefficient (Wildman–Crippen LogP) is 12.2. The Balaban J connectivity index is 0.975. The lowest BCUT2D eigenvalue weighted by molar-refractivity contribution is -0.251. The number of ether oxygens (including phenoxy) is 2. The number of Topliss-reactive ketones (excluding diaryl/α,β-unsaturated/α-hetero) is 1. The second-order valence-corrected chi connectivity index (χ2v) is 26.6. The smallest absolute Gasteiger partial charge is 0.310 e. The molecule has 8 fully saturated rings. The number of nitrogens with zero attached hydrogens (tertiary/aromatic N) is 1. The first-order chi connectivity index (χ1) is 28.7. The van der Waals surface area contributed by atoms with Gasteiger partial charge in [-0.1, -0.05) is 74.5 Å². The number of allylic oxidation sites excluding steroid dienone is 1. The van der Waals surface area contributed by atoms with E-state index < -0.39 is 11.0 Å². The van der Waals surface area contributed by atoms with Crippen molar-refractivity contribution in [2.45, 2.75) is 204 Å². The second-order valence-electron chi connectivity index (χ2n) is 26.6. The molecule has 7 nitrogen and oxygen atoms in total. The van der Waals surface area contributed by atoms with Crippen LogP contribution in [-0.2, 0) is 28.7 Å². The third-order valence-electron chi connectivity index (χ3n) is 21.9. The number of carbonyl (C=O) groups excluding carboxylic acids is 4.